The van der Waals surface area contributed by atoms with Gasteiger partial charge in [-0.05, 0) is 18.6 Å². The molecule has 0 saturated carbocycles. The highest BCUT2D eigenvalue weighted by Crippen LogP contribution is 2.06. The van der Waals surface area contributed by atoms with Gasteiger partial charge in [0.15, 0.2) is 0 Å². The van der Waals surface area contributed by atoms with Crippen LogP contribution in [0.4, 0.5) is 0 Å². The maximum absolute atomic E-state index is 12.0. The van der Waals surface area contributed by atoms with E-state index in [9.17, 15) is 4.79 Å². The Morgan fingerprint density at radius 1 is 1.41 bits per heavy atom. The monoisotopic (exact) mass is 230 g/mol. The molecule has 0 aromatic heterocycles. The number of rotatable bonds is 2. The molecule has 1 amide bonds. The summed E-state index contributed by atoms with van der Waals surface area (Å²) in [5, 5.41) is 3.28. The second-order valence-corrected chi connectivity index (χ2v) is 4.33. The SMILES string of the molecule is CC1CNCCN1C(=O)/C=C/c1ccccc1. The summed E-state index contributed by atoms with van der Waals surface area (Å²) >= 11 is 0. The maximum atomic E-state index is 12.0. The van der Waals surface area contributed by atoms with Crippen LogP contribution < -0.4 is 5.32 Å². The molecule has 3 heteroatoms. The number of carbonyl (C=O) groups is 1. The molecule has 17 heavy (non-hydrogen) atoms. The van der Waals surface area contributed by atoms with Crippen molar-refractivity contribution in [3.05, 3.63) is 42.0 Å². The number of hydrogen-bond acceptors (Lipinski definition) is 2. The van der Waals surface area contributed by atoms with Crippen molar-refractivity contribution in [2.45, 2.75) is 13.0 Å². The summed E-state index contributed by atoms with van der Waals surface area (Å²) in [6, 6.07) is 10.2. The third-order valence-corrected chi connectivity index (χ3v) is 3.00. The first kappa shape index (κ1) is 11.9. The van der Waals surface area contributed by atoms with Gasteiger partial charge in [-0.25, -0.2) is 0 Å². The molecule has 1 fully saturated rings. The Kier molecular flexibility index (Phi) is 3.94. The molecule has 90 valence electrons. The molecule has 1 aromatic rings. The standard InChI is InChI=1S/C14H18N2O/c1-12-11-15-9-10-16(12)14(17)8-7-13-5-3-2-4-6-13/h2-8,12,15H,9-11H2,1H3/b8-7+. The van der Waals surface area contributed by atoms with Gasteiger partial charge in [-0.1, -0.05) is 30.3 Å². The van der Waals surface area contributed by atoms with Crippen LogP contribution in [0, 0.1) is 0 Å². The van der Waals surface area contributed by atoms with Gasteiger partial charge in [-0.3, -0.25) is 4.79 Å². The number of carbonyl (C=O) groups excluding carboxylic acids is 1. The second-order valence-electron chi connectivity index (χ2n) is 4.33. The Bertz CT molecular complexity index is 400. The van der Waals surface area contributed by atoms with Gasteiger partial charge >= 0.3 is 0 Å². The summed E-state index contributed by atoms with van der Waals surface area (Å²) in [4.78, 5) is 13.9. The van der Waals surface area contributed by atoms with Crippen LogP contribution in [0.2, 0.25) is 0 Å². The summed E-state index contributed by atoms with van der Waals surface area (Å²) in [7, 11) is 0. The number of piperazine rings is 1. The number of nitrogens with one attached hydrogen (secondary N) is 1. The predicted molar refractivity (Wildman–Crippen MR) is 69.5 cm³/mol. The Balaban J connectivity index is 1.99. The van der Waals surface area contributed by atoms with Crippen LogP contribution in [-0.2, 0) is 4.79 Å². The van der Waals surface area contributed by atoms with Crippen LogP contribution in [0.15, 0.2) is 36.4 Å². The Morgan fingerprint density at radius 3 is 2.88 bits per heavy atom. The summed E-state index contributed by atoms with van der Waals surface area (Å²) in [6.45, 7) is 4.62. The lowest BCUT2D eigenvalue weighted by molar-refractivity contribution is -0.128. The fourth-order valence-electron chi connectivity index (χ4n) is 2.00. The molecule has 1 unspecified atom stereocenters. The zero-order valence-electron chi connectivity index (χ0n) is 10.1. The molecule has 1 heterocycles. The Labute approximate surface area is 102 Å². The van der Waals surface area contributed by atoms with Crippen LogP contribution in [0.3, 0.4) is 0 Å². The zero-order chi connectivity index (χ0) is 12.1. The fraction of sp³-hybridized carbons (Fsp3) is 0.357. The average Bonchev–Trinajstić information content (AvgIpc) is 2.38. The van der Waals surface area contributed by atoms with E-state index in [0.717, 1.165) is 25.2 Å². The summed E-state index contributed by atoms with van der Waals surface area (Å²) in [5.41, 5.74) is 1.06. The first-order valence-corrected chi connectivity index (χ1v) is 6.02. The number of amides is 1. The third-order valence-electron chi connectivity index (χ3n) is 3.00. The van der Waals surface area contributed by atoms with E-state index < -0.39 is 0 Å². The third kappa shape index (κ3) is 3.17. The van der Waals surface area contributed by atoms with E-state index >= 15 is 0 Å². The molecule has 1 aliphatic rings. The normalized spacial score (nSPS) is 20.8. The van der Waals surface area contributed by atoms with Gasteiger partial charge in [0.1, 0.15) is 0 Å². The highest BCUT2D eigenvalue weighted by Gasteiger charge is 2.20. The first-order chi connectivity index (χ1) is 8.27. The molecule has 1 aromatic carbocycles. The molecule has 1 saturated heterocycles. The van der Waals surface area contributed by atoms with E-state index in [1.807, 2.05) is 41.3 Å². The summed E-state index contributed by atoms with van der Waals surface area (Å²) in [6.07, 6.45) is 3.54. The van der Waals surface area contributed by atoms with Gasteiger partial charge in [0.05, 0.1) is 0 Å². The Morgan fingerprint density at radius 2 is 2.18 bits per heavy atom. The van der Waals surface area contributed by atoms with E-state index in [1.54, 1.807) is 6.08 Å². The van der Waals surface area contributed by atoms with Gasteiger partial charge in [0, 0.05) is 31.8 Å². The highest BCUT2D eigenvalue weighted by molar-refractivity contribution is 5.92. The van der Waals surface area contributed by atoms with Gasteiger partial charge in [0.25, 0.3) is 0 Å². The molecular formula is C14H18N2O. The van der Waals surface area contributed by atoms with Crippen molar-refractivity contribution in [1.29, 1.82) is 0 Å². The zero-order valence-corrected chi connectivity index (χ0v) is 10.1. The quantitative estimate of drug-likeness (QED) is 0.781. The molecule has 1 N–H and O–H groups in total. The van der Waals surface area contributed by atoms with E-state index in [4.69, 9.17) is 0 Å². The topological polar surface area (TPSA) is 32.3 Å². The predicted octanol–water partition coefficient (Wildman–Crippen LogP) is 1.52. The lowest BCUT2D eigenvalue weighted by Gasteiger charge is -2.33. The smallest absolute Gasteiger partial charge is 0.246 e. The average molecular weight is 230 g/mol. The molecule has 2 rings (SSSR count). The van der Waals surface area contributed by atoms with Crippen LogP contribution in [0.5, 0.6) is 0 Å². The molecule has 1 atom stereocenters. The Hall–Kier alpha value is -1.61. The minimum atomic E-state index is 0.0999. The van der Waals surface area contributed by atoms with Crippen molar-refractivity contribution in [3.8, 4) is 0 Å². The molecule has 0 bridgehead atoms. The molecular weight excluding hydrogens is 212 g/mol. The van der Waals surface area contributed by atoms with Gasteiger partial charge in [0.2, 0.25) is 5.91 Å². The van der Waals surface area contributed by atoms with Crippen molar-refractivity contribution in [2.75, 3.05) is 19.6 Å². The summed E-state index contributed by atoms with van der Waals surface area (Å²) in [5.74, 6) is 0.0999. The van der Waals surface area contributed by atoms with Crippen molar-refractivity contribution in [3.63, 3.8) is 0 Å². The molecule has 0 aliphatic carbocycles. The second kappa shape index (κ2) is 5.64. The first-order valence-electron chi connectivity index (χ1n) is 6.02. The lowest BCUT2D eigenvalue weighted by atomic mass is 10.2. The minimum Gasteiger partial charge on any atom is -0.334 e. The molecule has 0 radical (unpaired) electrons. The van der Waals surface area contributed by atoms with Crippen molar-refractivity contribution in [2.24, 2.45) is 0 Å². The highest BCUT2D eigenvalue weighted by atomic mass is 16.2. The lowest BCUT2D eigenvalue weighted by Crippen LogP contribution is -2.51. The summed E-state index contributed by atoms with van der Waals surface area (Å²) < 4.78 is 0. The van der Waals surface area contributed by atoms with E-state index in [1.165, 1.54) is 0 Å². The van der Waals surface area contributed by atoms with Crippen LogP contribution in [0.25, 0.3) is 6.08 Å². The molecule has 3 nitrogen and oxygen atoms in total. The molecule has 0 spiro atoms. The van der Waals surface area contributed by atoms with Crippen LogP contribution in [0.1, 0.15) is 12.5 Å². The maximum Gasteiger partial charge on any atom is 0.246 e. The van der Waals surface area contributed by atoms with Crippen LogP contribution >= 0.6 is 0 Å². The van der Waals surface area contributed by atoms with Crippen molar-refractivity contribution in [1.82, 2.24) is 10.2 Å². The number of nitrogens with zero attached hydrogens (tertiary/aromatic N) is 1. The number of benzene rings is 1. The fourth-order valence-corrected chi connectivity index (χ4v) is 2.00. The van der Waals surface area contributed by atoms with Crippen LogP contribution in [-0.4, -0.2) is 36.5 Å². The van der Waals surface area contributed by atoms with E-state index in [0.29, 0.717) is 0 Å². The van der Waals surface area contributed by atoms with Crippen molar-refractivity contribution < 1.29 is 4.79 Å². The van der Waals surface area contributed by atoms with Gasteiger partial charge in [-0.15, -0.1) is 0 Å². The van der Waals surface area contributed by atoms with Gasteiger partial charge in [-0.2, -0.15) is 0 Å². The van der Waals surface area contributed by atoms with E-state index in [2.05, 4.69) is 12.2 Å². The number of hydrogen-bond donors (Lipinski definition) is 1. The molecule has 1 aliphatic heterocycles. The largest absolute Gasteiger partial charge is 0.334 e. The van der Waals surface area contributed by atoms with E-state index in [-0.39, 0.29) is 11.9 Å². The van der Waals surface area contributed by atoms with Gasteiger partial charge < -0.3 is 10.2 Å². The van der Waals surface area contributed by atoms with Crippen molar-refractivity contribution >= 4 is 12.0 Å². The minimum absolute atomic E-state index is 0.0999.